The van der Waals surface area contributed by atoms with E-state index >= 15 is 0 Å². The first-order valence-corrected chi connectivity index (χ1v) is 6.04. The lowest BCUT2D eigenvalue weighted by Crippen LogP contribution is -2.27. The van der Waals surface area contributed by atoms with Crippen LogP contribution < -0.4 is 5.32 Å². The number of aryl methyl sites for hydroxylation is 1. The first-order chi connectivity index (χ1) is 9.15. The fourth-order valence-corrected chi connectivity index (χ4v) is 1.71. The molecule has 1 heterocycles. The molecule has 5 nitrogen and oxygen atoms in total. The van der Waals surface area contributed by atoms with E-state index in [1.54, 1.807) is 12.1 Å². The monoisotopic (exact) mass is 262 g/mol. The summed E-state index contributed by atoms with van der Waals surface area (Å²) in [6.07, 6.45) is 2.33. The van der Waals surface area contributed by atoms with E-state index in [9.17, 15) is 9.18 Å². The predicted octanol–water partition coefficient (Wildman–Crippen LogP) is 1.75. The van der Waals surface area contributed by atoms with Crippen molar-refractivity contribution in [2.45, 2.75) is 25.8 Å². The van der Waals surface area contributed by atoms with Gasteiger partial charge in [-0.15, -0.1) is 0 Å². The maximum Gasteiger partial charge on any atom is 0.220 e. The zero-order valence-corrected chi connectivity index (χ0v) is 10.6. The molecule has 0 aliphatic heterocycles. The first kappa shape index (κ1) is 13.2. The van der Waals surface area contributed by atoms with Gasteiger partial charge in [-0.25, -0.2) is 9.37 Å². The zero-order valence-electron chi connectivity index (χ0n) is 10.6. The molecule has 2 rings (SSSR count). The largest absolute Gasteiger partial charge is 0.346 e. The summed E-state index contributed by atoms with van der Waals surface area (Å²) in [5, 5.41) is 9.25. The molecule has 0 fully saturated rings. The van der Waals surface area contributed by atoms with Crippen LogP contribution in [0.1, 0.15) is 30.8 Å². The van der Waals surface area contributed by atoms with Crippen molar-refractivity contribution in [3.8, 4) is 0 Å². The quantitative estimate of drug-likeness (QED) is 0.862. The van der Waals surface area contributed by atoms with Crippen molar-refractivity contribution in [1.29, 1.82) is 0 Å². The van der Waals surface area contributed by atoms with Crippen LogP contribution in [0.5, 0.6) is 0 Å². The highest BCUT2D eigenvalue weighted by Crippen LogP contribution is 2.07. The Morgan fingerprint density at radius 2 is 2.16 bits per heavy atom. The highest BCUT2D eigenvalue weighted by Gasteiger charge is 2.11. The lowest BCUT2D eigenvalue weighted by molar-refractivity contribution is -0.121. The molecule has 0 aliphatic rings. The number of amides is 1. The van der Waals surface area contributed by atoms with E-state index in [0.29, 0.717) is 18.7 Å². The van der Waals surface area contributed by atoms with Crippen LogP contribution in [-0.2, 0) is 11.2 Å². The lowest BCUT2D eigenvalue weighted by Gasteiger charge is -2.10. The molecule has 2 aromatic rings. The molecular formula is C13H15FN4O. The van der Waals surface area contributed by atoms with Crippen LogP contribution in [0.4, 0.5) is 4.39 Å². The second kappa shape index (κ2) is 6.08. The molecule has 6 heteroatoms. The summed E-state index contributed by atoms with van der Waals surface area (Å²) >= 11 is 0. The second-order valence-electron chi connectivity index (χ2n) is 4.29. The van der Waals surface area contributed by atoms with Crippen molar-refractivity contribution in [3.05, 3.63) is 47.8 Å². The van der Waals surface area contributed by atoms with Gasteiger partial charge in [-0.1, -0.05) is 12.1 Å². The van der Waals surface area contributed by atoms with Crippen molar-refractivity contribution in [1.82, 2.24) is 20.5 Å². The number of carbonyl (C=O) groups is 1. The molecule has 19 heavy (non-hydrogen) atoms. The Morgan fingerprint density at radius 3 is 2.79 bits per heavy atom. The highest BCUT2D eigenvalue weighted by atomic mass is 19.1. The van der Waals surface area contributed by atoms with E-state index in [1.807, 2.05) is 6.92 Å². The minimum Gasteiger partial charge on any atom is -0.346 e. The second-order valence-corrected chi connectivity index (χ2v) is 4.29. The third kappa shape index (κ3) is 3.87. The lowest BCUT2D eigenvalue weighted by atomic mass is 10.1. The van der Waals surface area contributed by atoms with E-state index in [-0.39, 0.29) is 17.8 Å². The molecule has 0 aliphatic carbocycles. The summed E-state index contributed by atoms with van der Waals surface area (Å²) in [4.78, 5) is 15.7. The minimum atomic E-state index is -0.271. The first-order valence-electron chi connectivity index (χ1n) is 6.04. The van der Waals surface area contributed by atoms with Crippen LogP contribution in [0.25, 0.3) is 0 Å². The van der Waals surface area contributed by atoms with Crippen LogP contribution in [0.3, 0.4) is 0 Å². The smallest absolute Gasteiger partial charge is 0.220 e. The summed E-state index contributed by atoms with van der Waals surface area (Å²) in [6, 6.07) is 5.95. The van der Waals surface area contributed by atoms with Crippen molar-refractivity contribution < 1.29 is 9.18 Å². The van der Waals surface area contributed by atoms with Crippen LogP contribution >= 0.6 is 0 Å². The van der Waals surface area contributed by atoms with Crippen molar-refractivity contribution in [3.63, 3.8) is 0 Å². The number of aromatic nitrogens is 3. The Labute approximate surface area is 110 Å². The molecule has 1 aromatic heterocycles. The molecule has 0 radical (unpaired) electrons. The van der Waals surface area contributed by atoms with Crippen LogP contribution in [0.15, 0.2) is 30.6 Å². The standard InChI is InChI=1S/C13H15FN4O/c1-9(13-15-8-16-18-13)17-12(19)7-4-10-2-5-11(14)6-3-10/h2-3,5-6,8-9H,4,7H2,1H3,(H,17,19)(H,15,16,18). The van der Waals surface area contributed by atoms with Gasteiger partial charge in [0.1, 0.15) is 18.0 Å². The molecule has 1 unspecified atom stereocenters. The molecule has 0 spiro atoms. The Balaban J connectivity index is 1.80. The molecule has 100 valence electrons. The van der Waals surface area contributed by atoms with Gasteiger partial charge in [-0.3, -0.25) is 9.89 Å². The van der Waals surface area contributed by atoms with Crippen LogP contribution in [-0.4, -0.2) is 21.1 Å². The van der Waals surface area contributed by atoms with Gasteiger partial charge in [-0.2, -0.15) is 5.10 Å². The number of rotatable bonds is 5. The minimum absolute atomic E-state index is 0.0757. The molecule has 1 aromatic carbocycles. The third-order valence-electron chi connectivity index (χ3n) is 2.78. The van der Waals surface area contributed by atoms with Gasteiger partial charge < -0.3 is 5.32 Å². The Kier molecular flexibility index (Phi) is 4.22. The topological polar surface area (TPSA) is 70.7 Å². The summed E-state index contributed by atoms with van der Waals surface area (Å²) in [5.41, 5.74) is 0.934. The van der Waals surface area contributed by atoms with Gasteiger partial charge in [0.05, 0.1) is 6.04 Å². The van der Waals surface area contributed by atoms with E-state index < -0.39 is 0 Å². The number of nitrogens with zero attached hydrogens (tertiary/aromatic N) is 2. The fraction of sp³-hybridized carbons (Fsp3) is 0.308. The summed E-state index contributed by atoms with van der Waals surface area (Å²) in [7, 11) is 0. The number of hydrogen-bond acceptors (Lipinski definition) is 3. The summed E-state index contributed by atoms with van der Waals surface area (Å²) in [6.45, 7) is 1.83. The van der Waals surface area contributed by atoms with Gasteiger partial charge >= 0.3 is 0 Å². The molecule has 0 bridgehead atoms. The number of halogens is 1. The molecule has 1 amide bonds. The Morgan fingerprint density at radius 1 is 1.42 bits per heavy atom. The number of H-pyrrole nitrogens is 1. The van der Waals surface area contributed by atoms with E-state index in [0.717, 1.165) is 5.56 Å². The number of carbonyl (C=O) groups excluding carboxylic acids is 1. The van der Waals surface area contributed by atoms with E-state index in [2.05, 4.69) is 20.5 Å². The number of hydrogen-bond donors (Lipinski definition) is 2. The van der Waals surface area contributed by atoms with Gasteiger partial charge in [0, 0.05) is 6.42 Å². The van der Waals surface area contributed by atoms with Crippen molar-refractivity contribution in [2.24, 2.45) is 0 Å². The molecule has 0 saturated carbocycles. The average molecular weight is 262 g/mol. The number of benzene rings is 1. The molecule has 2 N–H and O–H groups in total. The SMILES string of the molecule is CC(NC(=O)CCc1ccc(F)cc1)c1ncn[nH]1. The van der Waals surface area contributed by atoms with Crippen LogP contribution in [0.2, 0.25) is 0 Å². The van der Waals surface area contributed by atoms with Gasteiger partial charge in [-0.05, 0) is 31.0 Å². The predicted molar refractivity (Wildman–Crippen MR) is 67.7 cm³/mol. The Bertz CT molecular complexity index is 524. The van der Waals surface area contributed by atoms with Gasteiger partial charge in [0.2, 0.25) is 5.91 Å². The van der Waals surface area contributed by atoms with Gasteiger partial charge in [0.25, 0.3) is 0 Å². The van der Waals surface area contributed by atoms with Crippen LogP contribution in [0, 0.1) is 5.82 Å². The Hall–Kier alpha value is -2.24. The number of aromatic amines is 1. The normalized spacial score (nSPS) is 12.1. The maximum absolute atomic E-state index is 12.7. The van der Waals surface area contributed by atoms with E-state index in [4.69, 9.17) is 0 Å². The molecule has 1 atom stereocenters. The van der Waals surface area contributed by atoms with Gasteiger partial charge in [0.15, 0.2) is 0 Å². The summed E-state index contributed by atoms with van der Waals surface area (Å²) in [5.74, 6) is 0.274. The fourth-order valence-electron chi connectivity index (χ4n) is 1.71. The van der Waals surface area contributed by atoms with Crippen molar-refractivity contribution in [2.75, 3.05) is 0 Å². The highest BCUT2D eigenvalue weighted by molar-refractivity contribution is 5.76. The number of nitrogens with one attached hydrogen (secondary N) is 2. The molecule has 0 saturated heterocycles. The summed E-state index contributed by atoms with van der Waals surface area (Å²) < 4.78 is 12.7. The zero-order chi connectivity index (χ0) is 13.7. The van der Waals surface area contributed by atoms with Crippen molar-refractivity contribution >= 4 is 5.91 Å². The maximum atomic E-state index is 12.7. The molecular weight excluding hydrogens is 247 g/mol. The van der Waals surface area contributed by atoms with E-state index in [1.165, 1.54) is 18.5 Å². The average Bonchev–Trinajstić information content (AvgIpc) is 2.92. The third-order valence-corrected chi connectivity index (χ3v) is 2.78.